The minimum atomic E-state index is -0.256. The van der Waals surface area contributed by atoms with Crippen molar-refractivity contribution in [2.24, 2.45) is 0 Å². The maximum Gasteiger partial charge on any atom is 0.228 e. The van der Waals surface area contributed by atoms with Crippen molar-refractivity contribution in [3.05, 3.63) is 54.6 Å². The van der Waals surface area contributed by atoms with Crippen LogP contribution in [0.25, 0.3) is 0 Å². The van der Waals surface area contributed by atoms with E-state index in [1.54, 1.807) is 0 Å². The Bertz CT molecular complexity index is 598. The molecule has 0 aromatic heterocycles. The molecular weight excluding hydrogens is 254 g/mol. The van der Waals surface area contributed by atoms with Gasteiger partial charge in [-0.1, -0.05) is 30.3 Å². The minimum absolute atomic E-state index is 0.0795. The first-order valence-electron chi connectivity index (χ1n) is 6.54. The minimum Gasteiger partial charge on any atom is -0.486 e. The molecule has 2 aromatic rings. The van der Waals surface area contributed by atoms with Crippen molar-refractivity contribution in [3.8, 4) is 11.5 Å². The van der Waals surface area contributed by atoms with Gasteiger partial charge in [0.1, 0.15) is 12.7 Å². The summed E-state index contributed by atoms with van der Waals surface area (Å²) in [6.07, 6.45) is 0.0112. The molecule has 1 amide bonds. The van der Waals surface area contributed by atoms with Crippen LogP contribution in [0.2, 0.25) is 0 Å². The van der Waals surface area contributed by atoms with E-state index in [-0.39, 0.29) is 18.4 Å². The molecule has 20 heavy (non-hydrogen) atoms. The molecule has 1 heterocycles. The van der Waals surface area contributed by atoms with Gasteiger partial charge in [-0.05, 0) is 24.3 Å². The average Bonchev–Trinajstić information content (AvgIpc) is 2.48. The second kappa shape index (κ2) is 5.65. The fourth-order valence-electron chi connectivity index (χ4n) is 2.10. The number of hydrogen-bond acceptors (Lipinski definition) is 3. The highest BCUT2D eigenvalue weighted by molar-refractivity contribution is 5.91. The smallest absolute Gasteiger partial charge is 0.228 e. The van der Waals surface area contributed by atoms with Crippen LogP contribution in [0.15, 0.2) is 54.6 Å². The predicted octanol–water partition coefficient (Wildman–Crippen LogP) is 2.86. The van der Waals surface area contributed by atoms with E-state index < -0.39 is 0 Å². The highest BCUT2D eigenvalue weighted by Crippen LogP contribution is 2.31. The average molecular weight is 269 g/mol. The van der Waals surface area contributed by atoms with E-state index in [9.17, 15) is 4.79 Å². The molecule has 0 fully saturated rings. The highest BCUT2D eigenvalue weighted by Gasteiger charge is 2.23. The Morgan fingerprint density at radius 2 is 1.75 bits per heavy atom. The number of nitrogens with one attached hydrogen (secondary N) is 1. The summed E-state index contributed by atoms with van der Waals surface area (Å²) in [6, 6.07) is 16.9. The molecule has 0 bridgehead atoms. The fraction of sp³-hybridized carbons (Fsp3) is 0.188. The fourth-order valence-corrected chi connectivity index (χ4v) is 2.10. The number of amides is 1. The second-order valence-corrected chi connectivity index (χ2v) is 4.62. The Balaban J connectivity index is 1.58. The normalized spacial score (nSPS) is 16.5. The van der Waals surface area contributed by atoms with Crippen molar-refractivity contribution in [1.82, 2.24) is 0 Å². The molecule has 0 saturated heterocycles. The Morgan fingerprint density at radius 3 is 2.55 bits per heavy atom. The van der Waals surface area contributed by atoms with Crippen molar-refractivity contribution in [2.75, 3.05) is 11.9 Å². The zero-order chi connectivity index (χ0) is 13.8. The van der Waals surface area contributed by atoms with Gasteiger partial charge in [0.15, 0.2) is 11.5 Å². The van der Waals surface area contributed by atoms with E-state index in [0.717, 1.165) is 11.4 Å². The standard InChI is InChI=1S/C16H15NO3/c18-16(17-12-6-2-1-3-7-12)10-13-11-19-14-8-4-5-9-15(14)20-13/h1-9,13H,10-11H2,(H,17,18)/t13-/m1/s1. The summed E-state index contributed by atoms with van der Waals surface area (Å²) in [4.78, 5) is 11.9. The van der Waals surface area contributed by atoms with E-state index >= 15 is 0 Å². The van der Waals surface area contributed by atoms with Crippen LogP contribution < -0.4 is 14.8 Å². The summed E-state index contributed by atoms with van der Waals surface area (Å²) in [5, 5.41) is 2.84. The zero-order valence-corrected chi connectivity index (χ0v) is 10.9. The Hall–Kier alpha value is -2.49. The Kier molecular flexibility index (Phi) is 3.54. The largest absolute Gasteiger partial charge is 0.486 e. The lowest BCUT2D eigenvalue weighted by molar-refractivity contribution is -0.118. The van der Waals surface area contributed by atoms with Gasteiger partial charge in [0, 0.05) is 5.69 Å². The van der Waals surface area contributed by atoms with Gasteiger partial charge in [-0.2, -0.15) is 0 Å². The van der Waals surface area contributed by atoms with E-state index in [0.29, 0.717) is 12.4 Å². The molecular formula is C16H15NO3. The van der Waals surface area contributed by atoms with Gasteiger partial charge in [0.05, 0.1) is 6.42 Å². The summed E-state index contributed by atoms with van der Waals surface area (Å²) >= 11 is 0. The highest BCUT2D eigenvalue weighted by atomic mass is 16.6. The van der Waals surface area contributed by atoms with Crippen LogP contribution in [0.3, 0.4) is 0 Å². The molecule has 2 aromatic carbocycles. The molecule has 1 aliphatic heterocycles. The van der Waals surface area contributed by atoms with Crippen LogP contribution in [0.1, 0.15) is 6.42 Å². The van der Waals surface area contributed by atoms with Gasteiger partial charge in [0.25, 0.3) is 0 Å². The third kappa shape index (κ3) is 2.91. The molecule has 0 unspecified atom stereocenters. The third-order valence-electron chi connectivity index (χ3n) is 3.04. The molecule has 0 radical (unpaired) electrons. The van der Waals surface area contributed by atoms with Gasteiger partial charge < -0.3 is 14.8 Å². The molecule has 4 nitrogen and oxygen atoms in total. The number of fused-ring (bicyclic) bond motifs is 1. The van der Waals surface area contributed by atoms with Crippen LogP contribution in [-0.2, 0) is 4.79 Å². The van der Waals surface area contributed by atoms with E-state index in [1.165, 1.54) is 0 Å². The summed E-state index contributed by atoms with van der Waals surface area (Å²) in [5.74, 6) is 1.34. The summed E-state index contributed by atoms with van der Waals surface area (Å²) < 4.78 is 11.3. The van der Waals surface area contributed by atoms with Crippen LogP contribution in [0, 0.1) is 0 Å². The van der Waals surface area contributed by atoms with Crippen LogP contribution >= 0.6 is 0 Å². The first kappa shape index (κ1) is 12.5. The number of para-hydroxylation sites is 3. The second-order valence-electron chi connectivity index (χ2n) is 4.62. The van der Waals surface area contributed by atoms with Gasteiger partial charge in [-0.3, -0.25) is 4.79 Å². The molecule has 0 spiro atoms. The quantitative estimate of drug-likeness (QED) is 0.932. The zero-order valence-electron chi connectivity index (χ0n) is 10.9. The maximum absolute atomic E-state index is 11.9. The number of rotatable bonds is 3. The van der Waals surface area contributed by atoms with E-state index in [1.807, 2.05) is 54.6 Å². The Morgan fingerprint density at radius 1 is 1.05 bits per heavy atom. The van der Waals surface area contributed by atoms with Crippen LogP contribution in [0.4, 0.5) is 5.69 Å². The molecule has 1 N–H and O–H groups in total. The van der Waals surface area contributed by atoms with Crippen LogP contribution in [0.5, 0.6) is 11.5 Å². The summed E-state index contributed by atoms with van der Waals surface area (Å²) in [6.45, 7) is 0.388. The number of benzene rings is 2. The molecule has 3 rings (SSSR count). The molecule has 1 aliphatic rings. The first-order chi connectivity index (χ1) is 9.81. The van der Waals surface area contributed by atoms with Gasteiger partial charge >= 0.3 is 0 Å². The third-order valence-corrected chi connectivity index (χ3v) is 3.04. The lowest BCUT2D eigenvalue weighted by Crippen LogP contribution is -2.33. The van der Waals surface area contributed by atoms with Crippen molar-refractivity contribution in [2.45, 2.75) is 12.5 Å². The molecule has 4 heteroatoms. The predicted molar refractivity (Wildman–Crippen MR) is 76.0 cm³/mol. The van der Waals surface area contributed by atoms with Crippen molar-refractivity contribution >= 4 is 11.6 Å². The number of hydrogen-bond donors (Lipinski definition) is 1. The number of anilines is 1. The SMILES string of the molecule is O=C(C[C@@H]1COc2ccccc2O1)Nc1ccccc1. The number of carbonyl (C=O) groups excluding carboxylic acids is 1. The summed E-state index contributed by atoms with van der Waals surface area (Å²) in [7, 11) is 0. The number of carbonyl (C=O) groups is 1. The van der Waals surface area contributed by atoms with Crippen molar-refractivity contribution < 1.29 is 14.3 Å². The van der Waals surface area contributed by atoms with E-state index in [4.69, 9.17) is 9.47 Å². The Labute approximate surface area is 117 Å². The monoisotopic (exact) mass is 269 g/mol. The maximum atomic E-state index is 11.9. The molecule has 102 valence electrons. The lowest BCUT2D eigenvalue weighted by atomic mass is 10.2. The lowest BCUT2D eigenvalue weighted by Gasteiger charge is -2.26. The number of ether oxygens (including phenoxy) is 2. The van der Waals surface area contributed by atoms with E-state index in [2.05, 4.69) is 5.32 Å². The molecule has 0 saturated carbocycles. The van der Waals surface area contributed by atoms with Crippen LogP contribution in [-0.4, -0.2) is 18.6 Å². The summed E-state index contributed by atoms with van der Waals surface area (Å²) in [5.41, 5.74) is 0.787. The van der Waals surface area contributed by atoms with Crippen molar-refractivity contribution in [3.63, 3.8) is 0 Å². The first-order valence-corrected chi connectivity index (χ1v) is 6.54. The van der Waals surface area contributed by atoms with Crippen molar-refractivity contribution in [1.29, 1.82) is 0 Å². The van der Waals surface area contributed by atoms with Gasteiger partial charge in [-0.15, -0.1) is 0 Å². The molecule has 0 aliphatic carbocycles. The van der Waals surface area contributed by atoms with Gasteiger partial charge in [-0.25, -0.2) is 0 Å². The van der Waals surface area contributed by atoms with Gasteiger partial charge in [0.2, 0.25) is 5.91 Å². The molecule has 1 atom stereocenters. The topological polar surface area (TPSA) is 47.6 Å².